The molecule has 0 saturated heterocycles. The van der Waals surface area contributed by atoms with E-state index >= 15 is 0 Å². The molecule has 0 aliphatic heterocycles. The average Bonchev–Trinajstić information content (AvgIpc) is 2.38. The van der Waals surface area contributed by atoms with Gasteiger partial charge in [0.1, 0.15) is 12.9 Å². The van der Waals surface area contributed by atoms with Crippen molar-refractivity contribution in [2.75, 3.05) is 32.0 Å². The summed E-state index contributed by atoms with van der Waals surface area (Å²) in [5.41, 5.74) is 6.28. The lowest BCUT2D eigenvalue weighted by molar-refractivity contribution is 0.213. The van der Waals surface area contributed by atoms with Crippen molar-refractivity contribution in [1.29, 1.82) is 0 Å². The Morgan fingerprint density at radius 1 is 1.21 bits per heavy atom. The van der Waals surface area contributed by atoms with Gasteiger partial charge in [-0.3, -0.25) is 0 Å². The van der Waals surface area contributed by atoms with Crippen LogP contribution in [0.1, 0.15) is 27.7 Å². The maximum Gasteiger partial charge on any atom is 0.244 e. The van der Waals surface area contributed by atoms with Crippen LogP contribution in [0.2, 0.25) is 0 Å². The Balaban J connectivity index is 2.58. The summed E-state index contributed by atoms with van der Waals surface area (Å²) in [7, 11) is 0. The van der Waals surface area contributed by atoms with Crippen molar-refractivity contribution in [2.45, 2.75) is 33.8 Å². The highest BCUT2D eigenvalue weighted by molar-refractivity contribution is 5.55. The Morgan fingerprint density at radius 2 is 1.84 bits per heavy atom. The van der Waals surface area contributed by atoms with E-state index in [1.54, 1.807) is 0 Å². The minimum absolute atomic E-state index is 0.0146. The van der Waals surface area contributed by atoms with Crippen molar-refractivity contribution in [3.8, 4) is 11.8 Å². The van der Waals surface area contributed by atoms with Gasteiger partial charge in [-0.2, -0.15) is 9.97 Å². The zero-order valence-corrected chi connectivity index (χ0v) is 12.2. The third kappa shape index (κ3) is 4.90. The second kappa shape index (κ2) is 7.78. The molecule has 6 nitrogen and oxygen atoms in total. The van der Waals surface area contributed by atoms with Crippen LogP contribution in [0.4, 0.5) is 5.69 Å². The van der Waals surface area contributed by atoms with Gasteiger partial charge in [0, 0.05) is 6.54 Å². The number of nitrogen functional groups attached to an aromatic ring is 1. The van der Waals surface area contributed by atoms with E-state index in [2.05, 4.69) is 28.7 Å². The lowest BCUT2D eigenvalue weighted by Crippen LogP contribution is -2.28. The van der Waals surface area contributed by atoms with E-state index < -0.39 is 0 Å². The van der Waals surface area contributed by atoms with Crippen LogP contribution >= 0.6 is 0 Å². The van der Waals surface area contributed by atoms with Crippen LogP contribution in [-0.2, 0) is 0 Å². The van der Waals surface area contributed by atoms with Crippen molar-refractivity contribution in [3.63, 3.8) is 0 Å². The summed E-state index contributed by atoms with van der Waals surface area (Å²) < 4.78 is 11.1. The molecule has 19 heavy (non-hydrogen) atoms. The summed E-state index contributed by atoms with van der Waals surface area (Å²) in [5, 5.41) is 0. The first-order valence-electron chi connectivity index (χ1n) is 6.70. The van der Waals surface area contributed by atoms with E-state index in [0.717, 1.165) is 19.6 Å². The maximum atomic E-state index is 5.92. The number of anilines is 1. The van der Waals surface area contributed by atoms with Crippen molar-refractivity contribution in [3.05, 3.63) is 6.33 Å². The molecule has 0 amide bonds. The summed E-state index contributed by atoms with van der Waals surface area (Å²) in [6.07, 6.45) is 1.42. The van der Waals surface area contributed by atoms with Gasteiger partial charge in [0.2, 0.25) is 11.8 Å². The number of hydrogen-bond donors (Lipinski definition) is 1. The van der Waals surface area contributed by atoms with Gasteiger partial charge in [-0.05, 0) is 26.9 Å². The Labute approximate surface area is 114 Å². The second-order valence-electron chi connectivity index (χ2n) is 4.44. The lowest BCUT2D eigenvalue weighted by Gasteiger charge is -2.18. The van der Waals surface area contributed by atoms with Gasteiger partial charge in [0.05, 0.1) is 6.10 Å². The highest BCUT2D eigenvalue weighted by Gasteiger charge is 2.12. The van der Waals surface area contributed by atoms with Crippen LogP contribution in [0.3, 0.4) is 0 Å². The summed E-state index contributed by atoms with van der Waals surface area (Å²) in [6.45, 7) is 11.5. The van der Waals surface area contributed by atoms with Crippen molar-refractivity contribution < 1.29 is 9.47 Å². The topological polar surface area (TPSA) is 73.5 Å². The minimum Gasteiger partial charge on any atom is -0.475 e. The minimum atomic E-state index is 0.0146. The van der Waals surface area contributed by atoms with Crippen LogP contribution in [0.15, 0.2) is 6.33 Å². The van der Waals surface area contributed by atoms with Gasteiger partial charge in [0.25, 0.3) is 0 Å². The average molecular weight is 268 g/mol. The second-order valence-corrected chi connectivity index (χ2v) is 4.44. The molecule has 0 bridgehead atoms. The van der Waals surface area contributed by atoms with Gasteiger partial charge in [-0.1, -0.05) is 13.8 Å². The standard InChI is InChI=1S/C13H24N4O2/c1-5-17(6-2)7-8-18-12-11(14)13(16-9-15-12)19-10(3)4/h9-10H,5-8,14H2,1-4H3. The smallest absolute Gasteiger partial charge is 0.244 e. The zero-order chi connectivity index (χ0) is 14.3. The number of ether oxygens (including phenoxy) is 2. The molecule has 0 aromatic carbocycles. The fraction of sp³-hybridized carbons (Fsp3) is 0.692. The van der Waals surface area contributed by atoms with Crippen molar-refractivity contribution in [1.82, 2.24) is 14.9 Å². The van der Waals surface area contributed by atoms with Gasteiger partial charge in [-0.25, -0.2) is 0 Å². The monoisotopic (exact) mass is 268 g/mol. The molecule has 1 rings (SSSR count). The first kappa shape index (κ1) is 15.5. The van der Waals surface area contributed by atoms with Crippen LogP contribution in [-0.4, -0.2) is 47.2 Å². The van der Waals surface area contributed by atoms with E-state index in [4.69, 9.17) is 15.2 Å². The lowest BCUT2D eigenvalue weighted by atomic mass is 10.4. The summed E-state index contributed by atoms with van der Waals surface area (Å²) in [5.74, 6) is 0.764. The van der Waals surface area contributed by atoms with E-state index in [9.17, 15) is 0 Å². The Hall–Kier alpha value is -1.56. The summed E-state index contributed by atoms with van der Waals surface area (Å²) in [6, 6.07) is 0. The molecule has 1 aromatic rings. The molecule has 0 fully saturated rings. The molecular weight excluding hydrogens is 244 g/mol. The van der Waals surface area contributed by atoms with E-state index in [1.165, 1.54) is 6.33 Å². The number of rotatable bonds is 8. The molecule has 0 aliphatic carbocycles. The maximum absolute atomic E-state index is 5.92. The van der Waals surface area contributed by atoms with Gasteiger partial charge >= 0.3 is 0 Å². The summed E-state index contributed by atoms with van der Waals surface area (Å²) >= 11 is 0. The number of hydrogen-bond acceptors (Lipinski definition) is 6. The first-order chi connectivity index (χ1) is 9.08. The Morgan fingerprint density at radius 3 is 2.42 bits per heavy atom. The number of nitrogens with zero attached hydrogens (tertiary/aromatic N) is 3. The predicted molar refractivity (Wildman–Crippen MR) is 75.5 cm³/mol. The molecule has 0 atom stereocenters. The van der Waals surface area contributed by atoms with Gasteiger partial charge in [0.15, 0.2) is 5.69 Å². The molecule has 0 spiro atoms. The molecule has 0 aliphatic rings. The van der Waals surface area contributed by atoms with Crippen LogP contribution in [0.5, 0.6) is 11.8 Å². The molecule has 1 aromatic heterocycles. The fourth-order valence-electron chi connectivity index (χ4n) is 1.61. The normalized spacial score (nSPS) is 11.1. The predicted octanol–water partition coefficient (Wildman–Crippen LogP) is 1.57. The third-order valence-electron chi connectivity index (χ3n) is 2.70. The molecule has 0 saturated carbocycles. The Kier molecular flexibility index (Phi) is 6.35. The third-order valence-corrected chi connectivity index (χ3v) is 2.70. The Bertz CT molecular complexity index is 381. The van der Waals surface area contributed by atoms with Crippen LogP contribution < -0.4 is 15.2 Å². The molecule has 6 heteroatoms. The molecule has 1 heterocycles. The molecule has 2 N–H and O–H groups in total. The van der Waals surface area contributed by atoms with Gasteiger partial charge in [-0.15, -0.1) is 0 Å². The number of nitrogens with two attached hydrogens (primary N) is 1. The van der Waals surface area contributed by atoms with Crippen molar-refractivity contribution >= 4 is 5.69 Å². The zero-order valence-electron chi connectivity index (χ0n) is 12.2. The quantitative estimate of drug-likeness (QED) is 0.771. The number of likely N-dealkylation sites (N-methyl/N-ethyl adjacent to an activating group) is 1. The highest BCUT2D eigenvalue weighted by atomic mass is 16.5. The fourth-order valence-corrected chi connectivity index (χ4v) is 1.61. The number of aromatic nitrogens is 2. The summed E-state index contributed by atoms with van der Waals surface area (Å²) in [4.78, 5) is 10.3. The van der Waals surface area contributed by atoms with E-state index in [-0.39, 0.29) is 6.10 Å². The van der Waals surface area contributed by atoms with Crippen LogP contribution in [0.25, 0.3) is 0 Å². The molecule has 0 unspecified atom stereocenters. The van der Waals surface area contributed by atoms with E-state index in [1.807, 2.05) is 13.8 Å². The highest BCUT2D eigenvalue weighted by Crippen LogP contribution is 2.27. The van der Waals surface area contributed by atoms with E-state index in [0.29, 0.717) is 24.1 Å². The molecular formula is C13H24N4O2. The molecule has 0 radical (unpaired) electrons. The SMILES string of the molecule is CCN(CC)CCOc1ncnc(OC(C)C)c1N. The van der Waals surface area contributed by atoms with Gasteiger partial charge < -0.3 is 20.1 Å². The van der Waals surface area contributed by atoms with Crippen LogP contribution in [0, 0.1) is 0 Å². The van der Waals surface area contributed by atoms with Crippen molar-refractivity contribution in [2.24, 2.45) is 0 Å². The largest absolute Gasteiger partial charge is 0.475 e. The first-order valence-corrected chi connectivity index (χ1v) is 6.70. The molecule has 108 valence electrons.